The third-order valence-corrected chi connectivity index (χ3v) is 6.75. The lowest BCUT2D eigenvalue weighted by molar-refractivity contribution is -0.140. The number of methoxy groups -OCH3 is 1. The van der Waals surface area contributed by atoms with Gasteiger partial charge in [-0.05, 0) is 62.7 Å². The van der Waals surface area contributed by atoms with Gasteiger partial charge in [-0.2, -0.15) is 13.2 Å². The van der Waals surface area contributed by atoms with Crippen LogP contribution in [0.25, 0.3) is 10.9 Å². The second-order valence-electron chi connectivity index (χ2n) is 9.72. The number of likely N-dealkylation sites (tertiary alicyclic amines) is 1. The fraction of sp³-hybridized carbons (Fsp3) is 0.414. The summed E-state index contributed by atoms with van der Waals surface area (Å²) in [7, 11) is 3.34. The molecule has 0 radical (unpaired) electrons. The molecule has 0 bridgehead atoms. The molecular formula is C29H33F4N5O2. The van der Waals surface area contributed by atoms with Crippen LogP contribution in [0, 0.1) is 11.8 Å². The second-order valence-corrected chi connectivity index (χ2v) is 9.72. The van der Waals surface area contributed by atoms with Gasteiger partial charge in [0.25, 0.3) is 5.91 Å². The van der Waals surface area contributed by atoms with Crippen molar-refractivity contribution in [1.82, 2.24) is 14.8 Å². The molecule has 11 heteroatoms. The first-order chi connectivity index (χ1) is 19.1. The van der Waals surface area contributed by atoms with Crippen LogP contribution in [0.3, 0.4) is 0 Å². The van der Waals surface area contributed by atoms with Crippen molar-refractivity contribution >= 4 is 28.2 Å². The molecule has 7 nitrogen and oxygen atoms in total. The molecule has 1 aliphatic rings. The minimum atomic E-state index is -4.46. The Morgan fingerprint density at radius 1 is 1.18 bits per heavy atom. The average molecular weight is 560 g/mol. The number of carbonyl (C=O) groups excluding carboxylic acids is 1. The van der Waals surface area contributed by atoms with Crippen molar-refractivity contribution in [2.75, 3.05) is 51.0 Å². The molecule has 214 valence electrons. The summed E-state index contributed by atoms with van der Waals surface area (Å²) < 4.78 is 61.8. The van der Waals surface area contributed by atoms with Crippen LogP contribution in [0.5, 0.6) is 5.75 Å². The summed E-state index contributed by atoms with van der Waals surface area (Å²) in [5.41, 5.74) is 2.17. The van der Waals surface area contributed by atoms with E-state index in [9.17, 15) is 22.4 Å². The second kappa shape index (κ2) is 12.5. The molecule has 2 unspecified atom stereocenters. The van der Waals surface area contributed by atoms with Crippen LogP contribution in [0.4, 0.5) is 28.9 Å². The van der Waals surface area contributed by atoms with E-state index in [2.05, 4.69) is 27.8 Å². The zero-order valence-electron chi connectivity index (χ0n) is 22.7. The third-order valence-electron chi connectivity index (χ3n) is 6.75. The number of aromatic nitrogens is 1. The summed E-state index contributed by atoms with van der Waals surface area (Å²) in [6.07, 6.45) is -4.96. The highest BCUT2D eigenvalue weighted by atomic mass is 19.4. The van der Waals surface area contributed by atoms with Gasteiger partial charge in [-0.25, -0.2) is 4.39 Å². The van der Waals surface area contributed by atoms with Gasteiger partial charge < -0.3 is 30.2 Å². The van der Waals surface area contributed by atoms with Crippen LogP contribution in [-0.2, 0) is 6.54 Å². The van der Waals surface area contributed by atoms with Crippen molar-refractivity contribution in [3.63, 3.8) is 0 Å². The van der Waals surface area contributed by atoms with Gasteiger partial charge in [0.05, 0.1) is 36.6 Å². The quantitative estimate of drug-likeness (QED) is 0.271. The van der Waals surface area contributed by atoms with E-state index < -0.39 is 24.9 Å². The maximum atomic E-state index is 14.7. The Labute approximate surface area is 230 Å². The zero-order valence-corrected chi connectivity index (χ0v) is 22.7. The van der Waals surface area contributed by atoms with Gasteiger partial charge in [0.15, 0.2) is 0 Å². The molecule has 4 rings (SSSR count). The van der Waals surface area contributed by atoms with E-state index in [1.54, 1.807) is 42.5 Å². The Morgan fingerprint density at radius 3 is 2.67 bits per heavy atom. The molecular weight excluding hydrogens is 526 g/mol. The first-order valence-corrected chi connectivity index (χ1v) is 13.1. The predicted molar refractivity (Wildman–Crippen MR) is 149 cm³/mol. The third kappa shape index (κ3) is 6.99. The number of nitrogens with zero attached hydrogens (tertiary/aromatic N) is 2. The lowest BCUT2D eigenvalue weighted by Crippen LogP contribution is -2.46. The number of hydrogen-bond donors (Lipinski definition) is 3. The normalized spacial score (nSPS) is 17.7. The maximum Gasteiger partial charge on any atom is 0.406 e. The van der Waals surface area contributed by atoms with Gasteiger partial charge in [-0.15, -0.1) is 0 Å². The molecule has 0 saturated carbocycles. The van der Waals surface area contributed by atoms with Crippen LogP contribution in [0.15, 0.2) is 42.5 Å². The van der Waals surface area contributed by atoms with E-state index in [1.165, 1.54) is 7.11 Å². The predicted octanol–water partition coefficient (Wildman–Crippen LogP) is 4.88. The van der Waals surface area contributed by atoms with Gasteiger partial charge in [-0.3, -0.25) is 4.79 Å². The van der Waals surface area contributed by atoms with Crippen LogP contribution in [0.1, 0.15) is 29.4 Å². The summed E-state index contributed by atoms with van der Waals surface area (Å²) in [4.78, 5) is 14.0. The number of piperidine rings is 1. The van der Waals surface area contributed by atoms with Crippen molar-refractivity contribution < 1.29 is 27.1 Å². The van der Waals surface area contributed by atoms with Crippen LogP contribution >= 0.6 is 0 Å². The number of halogens is 4. The minimum Gasteiger partial charge on any atom is -0.495 e. The summed E-state index contributed by atoms with van der Waals surface area (Å²) in [5, 5.41) is 9.58. The number of benzene rings is 2. The molecule has 3 N–H and O–H groups in total. The van der Waals surface area contributed by atoms with E-state index in [1.807, 2.05) is 18.9 Å². The number of carbonyl (C=O) groups is 1. The minimum absolute atomic E-state index is 0.120. The molecule has 1 aromatic heterocycles. The van der Waals surface area contributed by atoms with Gasteiger partial charge >= 0.3 is 6.18 Å². The van der Waals surface area contributed by atoms with Crippen molar-refractivity contribution in [1.29, 1.82) is 0 Å². The van der Waals surface area contributed by atoms with E-state index in [4.69, 9.17) is 4.74 Å². The fourth-order valence-electron chi connectivity index (χ4n) is 4.80. The Bertz CT molecular complexity index is 1410. The number of amides is 1. The lowest BCUT2D eigenvalue weighted by Gasteiger charge is -2.33. The summed E-state index contributed by atoms with van der Waals surface area (Å²) in [5.74, 6) is 5.96. The largest absolute Gasteiger partial charge is 0.495 e. The topological polar surface area (TPSA) is 70.6 Å². The molecule has 2 heterocycles. The van der Waals surface area contributed by atoms with E-state index in [-0.39, 0.29) is 18.1 Å². The molecule has 40 heavy (non-hydrogen) atoms. The number of hydrogen-bond acceptors (Lipinski definition) is 5. The average Bonchev–Trinajstić information content (AvgIpc) is 3.25. The summed E-state index contributed by atoms with van der Waals surface area (Å²) in [6, 6.07) is 11.1. The number of anilines is 2. The number of rotatable bonds is 8. The lowest BCUT2D eigenvalue weighted by atomic mass is 10.0. The molecule has 1 saturated heterocycles. The highest BCUT2D eigenvalue weighted by Crippen LogP contribution is 2.32. The molecule has 1 fully saturated rings. The molecule has 1 aliphatic heterocycles. The van der Waals surface area contributed by atoms with Crippen LogP contribution in [0.2, 0.25) is 0 Å². The Morgan fingerprint density at radius 2 is 1.98 bits per heavy atom. The van der Waals surface area contributed by atoms with E-state index in [0.29, 0.717) is 53.1 Å². The summed E-state index contributed by atoms with van der Waals surface area (Å²) >= 11 is 0. The SMILES string of the molecule is CCNC(=O)c1ccc(NCC#Cc2cc3c(NC4CCN(C)CC4F)cccc3n2CC(F)(F)F)c(OC)c1. The number of fused-ring (bicyclic) bond motifs is 1. The number of alkyl halides is 4. The van der Waals surface area contributed by atoms with E-state index in [0.717, 1.165) is 11.1 Å². The first-order valence-electron chi connectivity index (χ1n) is 13.1. The van der Waals surface area contributed by atoms with Crippen molar-refractivity contribution in [3.05, 3.63) is 53.7 Å². The Hall–Kier alpha value is -3.91. The van der Waals surface area contributed by atoms with Crippen molar-refractivity contribution in [2.45, 2.75) is 38.3 Å². The van der Waals surface area contributed by atoms with Gasteiger partial charge in [0, 0.05) is 36.3 Å². The van der Waals surface area contributed by atoms with Gasteiger partial charge in [-0.1, -0.05) is 12.0 Å². The molecule has 0 aliphatic carbocycles. The molecule has 0 spiro atoms. The Balaban J connectivity index is 1.58. The van der Waals surface area contributed by atoms with E-state index >= 15 is 0 Å². The molecule has 2 atom stereocenters. The number of nitrogens with one attached hydrogen (secondary N) is 3. The monoisotopic (exact) mass is 559 g/mol. The highest BCUT2D eigenvalue weighted by molar-refractivity contribution is 5.95. The maximum absolute atomic E-state index is 14.7. The highest BCUT2D eigenvalue weighted by Gasteiger charge is 2.31. The standard InChI is InChI=1S/C29H33F4N5O2/c1-4-34-28(39)19-10-11-25(27(15-19)40-3)35-13-6-7-20-16-21-23(36-24-12-14-37(2)17-22(24)30)8-5-9-26(21)38(20)18-29(31,32)33/h5,8-11,15-16,22,24,35-36H,4,12-14,17-18H2,1-3H3,(H,34,39). The number of ether oxygens (including phenoxy) is 1. The summed E-state index contributed by atoms with van der Waals surface area (Å²) in [6.45, 7) is 2.26. The molecule has 1 amide bonds. The van der Waals surface area contributed by atoms with Gasteiger partial charge in [0.2, 0.25) is 0 Å². The van der Waals surface area contributed by atoms with Crippen LogP contribution < -0.4 is 20.7 Å². The van der Waals surface area contributed by atoms with Crippen LogP contribution in [-0.4, -0.2) is 74.1 Å². The van der Waals surface area contributed by atoms with Crippen molar-refractivity contribution in [2.24, 2.45) is 0 Å². The molecule has 2 aromatic carbocycles. The zero-order chi connectivity index (χ0) is 28.9. The molecule has 3 aromatic rings. The first kappa shape index (κ1) is 29.1. The Kier molecular flexibility index (Phi) is 9.10. The van der Waals surface area contributed by atoms with Gasteiger partial charge in [0.1, 0.15) is 18.5 Å². The fourth-order valence-corrected chi connectivity index (χ4v) is 4.80. The van der Waals surface area contributed by atoms with Crippen molar-refractivity contribution in [3.8, 4) is 17.6 Å². The smallest absolute Gasteiger partial charge is 0.406 e.